The first-order chi connectivity index (χ1) is 13.1. The first-order valence-corrected chi connectivity index (χ1v) is 14.1. The molecule has 1 aliphatic carbocycles. The van der Waals surface area contributed by atoms with Crippen LogP contribution >= 0.6 is 0 Å². The fourth-order valence-corrected chi connectivity index (χ4v) is 5.45. The molecule has 2 fully saturated rings. The van der Waals surface area contributed by atoms with Gasteiger partial charge in [0, 0.05) is 25.3 Å². The Hall–Kier alpha value is -0.628. The third-order valence-electron chi connectivity index (χ3n) is 7.86. The van der Waals surface area contributed by atoms with Crippen LogP contribution < -0.4 is 5.59 Å². The second-order valence-electron chi connectivity index (χ2n) is 11.5. The molecule has 1 aliphatic heterocycles. The van der Waals surface area contributed by atoms with Gasteiger partial charge < -0.3 is 18.3 Å². The fourth-order valence-electron chi connectivity index (χ4n) is 4.03. The summed E-state index contributed by atoms with van der Waals surface area (Å²) in [6, 6.07) is 0. The van der Waals surface area contributed by atoms with Crippen LogP contribution in [0.2, 0.25) is 18.1 Å². The standard InChI is InChI=1S/C22H41BN2O3Si/c1-20(2,3)29(9,10)26-17-13-11-16(12-14-17)19-24-15-18(25(19)8)23-27-21(4,5)22(6,7)28-23/h15-17H,11-14H2,1-10H3. The summed E-state index contributed by atoms with van der Waals surface area (Å²) in [5, 5.41) is 0.265. The average molecular weight is 420 g/mol. The second-order valence-corrected chi connectivity index (χ2v) is 16.3. The monoisotopic (exact) mass is 420 g/mol. The van der Waals surface area contributed by atoms with Crippen LogP contribution in [0.4, 0.5) is 0 Å². The average Bonchev–Trinajstić information content (AvgIpc) is 3.03. The van der Waals surface area contributed by atoms with Gasteiger partial charge >= 0.3 is 7.12 Å². The summed E-state index contributed by atoms with van der Waals surface area (Å²) in [6.45, 7) is 20.0. The number of nitrogens with zero attached hydrogens (tertiary/aromatic N) is 2. The molecule has 0 bridgehead atoms. The van der Waals surface area contributed by atoms with Gasteiger partial charge in [0.1, 0.15) is 5.82 Å². The van der Waals surface area contributed by atoms with Crippen molar-refractivity contribution < 1.29 is 13.7 Å². The number of hydrogen-bond acceptors (Lipinski definition) is 4. The Bertz CT molecular complexity index is 715. The van der Waals surface area contributed by atoms with E-state index < -0.39 is 8.32 Å². The van der Waals surface area contributed by atoms with E-state index >= 15 is 0 Å². The van der Waals surface area contributed by atoms with E-state index in [-0.39, 0.29) is 23.4 Å². The Balaban J connectivity index is 1.65. The van der Waals surface area contributed by atoms with Crippen molar-refractivity contribution >= 4 is 21.0 Å². The number of hydrogen-bond donors (Lipinski definition) is 0. The van der Waals surface area contributed by atoms with Crippen molar-refractivity contribution in [1.29, 1.82) is 0 Å². The summed E-state index contributed by atoms with van der Waals surface area (Å²) >= 11 is 0. The third kappa shape index (κ3) is 4.39. The van der Waals surface area contributed by atoms with E-state index in [1.54, 1.807) is 0 Å². The van der Waals surface area contributed by atoms with Gasteiger partial charge in [0.15, 0.2) is 8.32 Å². The molecule has 164 valence electrons. The minimum absolute atomic E-state index is 0.265. The lowest BCUT2D eigenvalue weighted by Gasteiger charge is -2.41. The van der Waals surface area contributed by atoms with Crippen LogP contribution in [0.1, 0.15) is 85.9 Å². The Labute approximate surface area is 179 Å². The molecule has 2 aliphatic rings. The van der Waals surface area contributed by atoms with Crippen LogP contribution in [0.5, 0.6) is 0 Å². The predicted octanol–water partition coefficient (Wildman–Crippen LogP) is 4.77. The summed E-state index contributed by atoms with van der Waals surface area (Å²) in [5.74, 6) is 1.64. The molecule has 2 heterocycles. The molecule has 1 aromatic rings. The predicted molar refractivity (Wildman–Crippen MR) is 122 cm³/mol. The summed E-state index contributed by atoms with van der Waals surface area (Å²) < 4.78 is 21.3. The number of aromatic nitrogens is 2. The molecule has 0 spiro atoms. The zero-order chi connectivity index (χ0) is 21.8. The minimum Gasteiger partial charge on any atom is -0.414 e. The Morgan fingerprint density at radius 2 is 1.59 bits per heavy atom. The molecule has 29 heavy (non-hydrogen) atoms. The SMILES string of the molecule is Cn1c(B2OC(C)(C)C(C)(C)O2)cnc1C1CCC(O[Si](C)(C)C(C)(C)C)CC1. The van der Waals surface area contributed by atoms with Crippen molar-refractivity contribution in [3.05, 3.63) is 12.0 Å². The van der Waals surface area contributed by atoms with Gasteiger partial charge in [-0.25, -0.2) is 4.98 Å². The van der Waals surface area contributed by atoms with E-state index in [2.05, 4.69) is 73.2 Å². The normalized spacial score (nSPS) is 27.4. The molecule has 0 N–H and O–H groups in total. The highest BCUT2D eigenvalue weighted by molar-refractivity contribution is 6.74. The largest absolute Gasteiger partial charge is 0.514 e. The molecule has 7 heteroatoms. The van der Waals surface area contributed by atoms with Crippen LogP contribution in [0.25, 0.3) is 0 Å². The van der Waals surface area contributed by atoms with E-state index in [1.165, 1.54) is 0 Å². The highest BCUT2D eigenvalue weighted by Gasteiger charge is 2.53. The number of rotatable bonds is 4. The summed E-state index contributed by atoms with van der Waals surface area (Å²) in [6.07, 6.45) is 6.84. The van der Waals surface area contributed by atoms with Crippen LogP contribution in [0, 0.1) is 0 Å². The molecule has 0 unspecified atom stereocenters. The van der Waals surface area contributed by atoms with Crippen LogP contribution in [0.3, 0.4) is 0 Å². The maximum Gasteiger partial charge on any atom is 0.514 e. The van der Waals surface area contributed by atoms with Crippen LogP contribution in [-0.2, 0) is 20.8 Å². The Kier molecular flexibility index (Phi) is 5.96. The van der Waals surface area contributed by atoms with Crippen molar-refractivity contribution in [3.63, 3.8) is 0 Å². The van der Waals surface area contributed by atoms with Crippen molar-refractivity contribution in [3.8, 4) is 0 Å². The van der Waals surface area contributed by atoms with Crippen molar-refractivity contribution in [2.45, 2.75) is 116 Å². The maximum atomic E-state index is 6.66. The molecule has 0 radical (unpaired) electrons. The lowest BCUT2D eigenvalue weighted by Crippen LogP contribution is -2.44. The highest BCUT2D eigenvalue weighted by atomic mass is 28.4. The van der Waals surface area contributed by atoms with Gasteiger partial charge in [-0.3, -0.25) is 0 Å². The van der Waals surface area contributed by atoms with Gasteiger partial charge in [0.05, 0.1) is 16.8 Å². The first kappa shape index (κ1) is 23.0. The molecule has 1 aromatic heterocycles. The molecule has 0 aromatic carbocycles. The first-order valence-electron chi connectivity index (χ1n) is 11.2. The van der Waals surface area contributed by atoms with Gasteiger partial charge in [0.25, 0.3) is 0 Å². The lowest BCUT2D eigenvalue weighted by molar-refractivity contribution is 0.00578. The van der Waals surface area contributed by atoms with Gasteiger partial charge in [-0.15, -0.1) is 0 Å². The molecule has 0 amide bonds. The third-order valence-corrected chi connectivity index (χ3v) is 12.4. The summed E-state index contributed by atoms with van der Waals surface area (Å²) in [7, 11) is 0.0416. The molecule has 1 saturated heterocycles. The molecule has 0 atom stereocenters. The lowest BCUT2D eigenvalue weighted by atomic mass is 9.84. The summed E-state index contributed by atoms with van der Waals surface area (Å²) in [5.41, 5.74) is 0.348. The Morgan fingerprint density at radius 3 is 2.07 bits per heavy atom. The van der Waals surface area contributed by atoms with Crippen molar-refractivity contribution in [1.82, 2.24) is 9.55 Å². The second kappa shape index (κ2) is 7.50. The smallest absolute Gasteiger partial charge is 0.414 e. The van der Waals surface area contributed by atoms with Crippen molar-refractivity contribution in [2.75, 3.05) is 0 Å². The minimum atomic E-state index is -1.70. The molecular formula is C22H41BN2O3Si. The fraction of sp³-hybridized carbons (Fsp3) is 0.864. The zero-order valence-corrected chi connectivity index (χ0v) is 21.3. The van der Waals surface area contributed by atoms with Crippen molar-refractivity contribution in [2.24, 2.45) is 7.05 Å². The van der Waals surface area contributed by atoms with E-state index in [4.69, 9.17) is 18.7 Å². The molecular weight excluding hydrogens is 379 g/mol. The van der Waals surface area contributed by atoms with Crippen LogP contribution in [-0.4, -0.2) is 42.3 Å². The number of imidazole rings is 1. The summed E-state index contributed by atoms with van der Waals surface area (Å²) in [4.78, 5) is 4.79. The molecule has 5 nitrogen and oxygen atoms in total. The van der Waals surface area contributed by atoms with Gasteiger partial charge in [-0.2, -0.15) is 0 Å². The highest BCUT2D eigenvalue weighted by Crippen LogP contribution is 2.41. The zero-order valence-electron chi connectivity index (χ0n) is 20.3. The molecule has 3 rings (SSSR count). The maximum absolute atomic E-state index is 6.66. The topological polar surface area (TPSA) is 45.5 Å². The van der Waals surface area contributed by atoms with Crippen LogP contribution in [0.15, 0.2) is 6.20 Å². The van der Waals surface area contributed by atoms with E-state index in [1.807, 2.05) is 6.20 Å². The van der Waals surface area contributed by atoms with E-state index in [0.29, 0.717) is 12.0 Å². The van der Waals surface area contributed by atoms with E-state index in [0.717, 1.165) is 37.1 Å². The van der Waals surface area contributed by atoms with E-state index in [9.17, 15) is 0 Å². The van der Waals surface area contributed by atoms with Gasteiger partial charge in [0.2, 0.25) is 0 Å². The quantitative estimate of drug-likeness (QED) is 0.659. The molecule has 1 saturated carbocycles. The Morgan fingerprint density at radius 1 is 1.07 bits per heavy atom. The van der Waals surface area contributed by atoms with Gasteiger partial charge in [-0.05, 0) is 71.5 Å². The van der Waals surface area contributed by atoms with Gasteiger partial charge in [-0.1, -0.05) is 20.8 Å².